The number of benzene rings is 1. The first kappa shape index (κ1) is 20.6. The first-order chi connectivity index (χ1) is 14.3. The molecule has 8 heteroatoms. The molecule has 4 rings (SSSR count). The van der Waals surface area contributed by atoms with Gasteiger partial charge in [0.25, 0.3) is 11.1 Å². The van der Waals surface area contributed by atoms with Crippen molar-refractivity contribution in [2.24, 2.45) is 5.92 Å². The van der Waals surface area contributed by atoms with Gasteiger partial charge < -0.3 is 0 Å². The molecule has 4 aromatic rings. The van der Waals surface area contributed by atoms with E-state index in [1.165, 1.54) is 22.2 Å². The molecule has 0 spiro atoms. The Hall–Kier alpha value is -2.64. The Morgan fingerprint density at radius 1 is 1.10 bits per heavy atom. The van der Waals surface area contributed by atoms with Crippen LogP contribution in [0.3, 0.4) is 0 Å². The summed E-state index contributed by atoms with van der Waals surface area (Å²) in [6.45, 7) is 6.61. The Morgan fingerprint density at radius 2 is 1.90 bits per heavy atom. The Bertz CT molecular complexity index is 1380. The van der Waals surface area contributed by atoms with E-state index in [0.717, 1.165) is 5.56 Å². The second-order valence-electron chi connectivity index (χ2n) is 7.67. The van der Waals surface area contributed by atoms with Crippen molar-refractivity contribution in [1.29, 1.82) is 0 Å². The standard InChI is InChI=1S/C22H21ClN4O2S/c1-13(2)11-27-21(29)17-9-15(23)4-5-18(17)25-22(27)30-12-16-10-20(28)26-7-6-14(3)8-19(26)24-16/h4-10,13H,11-12H2,1-3H3. The van der Waals surface area contributed by atoms with Gasteiger partial charge in [0.1, 0.15) is 5.65 Å². The number of thioether (sulfide) groups is 1. The molecular formula is C22H21ClN4O2S. The number of pyridine rings is 1. The summed E-state index contributed by atoms with van der Waals surface area (Å²) in [5, 5.41) is 1.62. The van der Waals surface area contributed by atoms with Crippen LogP contribution in [0.2, 0.25) is 5.02 Å². The second kappa shape index (κ2) is 8.24. The molecule has 0 amide bonds. The Kier molecular flexibility index (Phi) is 5.66. The van der Waals surface area contributed by atoms with Crippen LogP contribution in [0.15, 0.2) is 57.3 Å². The fourth-order valence-electron chi connectivity index (χ4n) is 3.28. The number of fused-ring (bicyclic) bond motifs is 2. The van der Waals surface area contributed by atoms with Crippen LogP contribution in [0, 0.1) is 12.8 Å². The van der Waals surface area contributed by atoms with Crippen LogP contribution in [0.1, 0.15) is 25.1 Å². The first-order valence-electron chi connectivity index (χ1n) is 9.63. The van der Waals surface area contributed by atoms with Crippen molar-refractivity contribution in [3.05, 3.63) is 79.6 Å². The number of aromatic nitrogens is 4. The number of hydrogen-bond donors (Lipinski definition) is 0. The van der Waals surface area contributed by atoms with Crippen molar-refractivity contribution in [1.82, 2.24) is 18.9 Å². The molecule has 30 heavy (non-hydrogen) atoms. The summed E-state index contributed by atoms with van der Waals surface area (Å²) in [6, 6.07) is 10.4. The van der Waals surface area contributed by atoms with Crippen LogP contribution in [0.4, 0.5) is 0 Å². The van der Waals surface area contributed by atoms with Crippen LogP contribution in [-0.4, -0.2) is 18.9 Å². The topological polar surface area (TPSA) is 69.3 Å². The average molecular weight is 441 g/mol. The SMILES string of the molecule is Cc1ccn2c(=O)cc(CSc3nc4ccc(Cl)cc4c(=O)n3CC(C)C)nc2c1. The Morgan fingerprint density at radius 3 is 2.67 bits per heavy atom. The maximum Gasteiger partial charge on any atom is 0.262 e. The molecule has 0 aliphatic rings. The molecule has 0 saturated heterocycles. The summed E-state index contributed by atoms with van der Waals surface area (Å²) in [5.74, 6) is 0.704. The minimum Gasteiger partial charge on any atom is -0.287 e. The molecular weight excluding hydrogens is 420 g/mol. The van der Waals surface area contributed by atoms with Gasteiger partial charge in [-0.15, -0.1) is 0 Å². The third-order valence-electron chi connectivity index (χ3n) is 4.65. The molecule has 3 aromatic heterocycles. The van der Waals surface area contributed by atoms with Crippen molar-refractivity contribution in [2.45, 2.75) is 38.2 Å². The van der Waals surface area contributed by atoms with E-state index in [1.54, 1.807) is 29.0 Å². The van der Waals surface area contributed by atoms with Gasteiger partial charge in [-0.25, -0.2) is 9.97 Å². The van der Waals surface area contributed by atoms with Gasteiger partial charge in [0.2, 0.25) is 0 Å². The zero-order valence-corrected chi connectivity index (χ0v) is 18.5. The second-order valence-corrected chi connectivity index (χ2v) is 9.05. The molecule has 0 radical (unpaired) electrons. The lowest BCUT2D eigenvalue weighted by atomic mass is 10.2. The highest BCUT2D eigenvalue weighted by atomic mass is 35.5. The van der Waals surface area contributed by atoms with Crippen molar-refractivity contribution in [3.63, 3.8) is 0 Å². The third-order valence-corrected chi connectivity index (χ3v) is 5.90. The van der Waals surface area contributed by atoms with E-state index in [2.05, 4.69) is 18.8 Å². The largest absolute Gasteiger partial charge is 0.287 e. The summed E-state index contributed by atoms with van der Waals surface area (Å²) in [4.78, 5) is 34.8. The number of aryl methyl sites for hydroxylation is 1. The fourth-order valence-corrected chi connectivity index (χ4v) is 4.35. The average Bonchev–Trinajstić information content (AvgIpc) is 2.68. The van der Waals surface area contributed by atoms with E-state index in [-0.39, 0.29) is 17.0 Å². The van der Waals surface area contributed by atoms with Gasteiger partial charge >= 0.3 is 0 Å². The molecule has 3 heterocycles. The molecule has 154 valence electrons. The molecule has 0 saturated carbocycles. The van der Waals surface area contributed by atoms with E-state index < -0.39 is 0 Å². The number of nitrogens with zero attached hydrogens (tertiary/aromatic N) is 4. The van der Waals surface area contributed by atoms with Crippen molar-refractivity contribution < 1.29 is 0 Å². The van der Waals surface area contributed by atoms with Crippen LogP contribution in [0.25, 0.3) is 16.6 Å². The van der Waals surface area contributed by atoms with Crippen molar-refractivity contribution in [2.75, 3.05) is 0 Å². The van der Waals surface area contributed by atoms with E-state index in [4.69, 9.17) is 16.6 Å². The maximum absolute atomic E-state index is 13.1. The highest BCUT2D eigenvalue weighted by Crippen LogP contribution is 2.23. The molecule has 6 nitrogen and oxygen atoms in total. The Labute approximate surface area is 182 Å². The summed E-state index contributed by atoms with van der Waals surface area (Å²) in [7, 11) is 0. The molecule has 0 atom stereocenters. The summed E-state index contributed by atoms with van der Waals surface area (Å²) >= 11 is 7.49. The van der Waals surface area contributed by atoms with Crippen molar-refractivity contribution in [3.8, 4) is 0 Å². The fraction of sp³-hybridized carbons (Fsp3) is 0.273. The molecule has 1 aromatic carbocycles. The van der Waals surface area contributed by atoms with E-state index >= 15 is 0 Å². The zero-order valence-electron chi connectivity index (χ0n) is 16.9. The maximum atomic E-state index is 13.1. The minimum absolute atomic E-state index is 0.110. The predicted molar refractivity (Wildman–Crippen MR) is 122 cm³/mol. The molecule has 0 bridgehead atoms. The molecule has 0 N–H and O–H groups in total. The highest BCUT2D eigenvalue weighted by Gasteiger charge is 2.14. The van der Waals surface area contributed by atoms with Crippen molar-refractivity contribution >= 4 is 39.9 Å². The Balaban J connectivity index is 1.74. The third kappa shape index (κ3) is 4.13. The van der Waals surface area contributed by atoms with Gasteiger partial charge in [0.15, 0.2) is 5.16 Å². The lowest BCUT2D eigenvalue weighted by Gasteiger charge is -2.15. The van der Waals surface area contributed by atoms with Gasteiger partial charge in [-0.3, -0.25) is 18.6 Å². The van der Waals surface area contributed by atoms with Crippen LogP contribution >= 0.6 is 23.4 Å². The molecule has 0 aliphatic carbocycles. The lowest BCUT2D eigenvalue weighted by Crippen LogP contribution is -2.25. The van der Waals surface area contributed by atoms with Gasteiger partial charge in [0, 0.05) is 29.6 Å². The quantitative estimate of drug-likeness (QED) is 0.341. The van der Waals surface area contributed by atoms with Gasteiger partial charge in [0.05, 0.1) is 16.6 Å². The van der Waals surface area contributed by atoms with Crippen LogP contribution < -0.4 is 11.1 Å². The van der Waals surface area contributed by atoms with E-state index in [0.29, 0.717) is 44.7 Å². The van der Waals surface area contributed by atoms with Gasteiger partial charge in [-0.1, -0.05) is 37.2 Å². The summed E-state index contributed by atoms with van der Waals surface area (Å²) < 4.78 is 3.21. The van der Waals surface area contributed by atoms with Crippen LogP contribution in [-0.2, 0) is 12.3 Å². The smallest absolute Gasteiger partial charge is 0.262 e. The summed E-state index contributed by atoms with van der Waals surface area (Å²) in [6.07, 6.45) is 1.73. The number of rotatable bonds is 5. The number of hydrogen-bond acceptors (Lipinski definition) is 5. The molecule has 0 unspecified atom stereocenters. The normalized spacial score (nSPS) is 11.6. The molecule has 0 fully saturated rings. The van der Waals surface area contributed by atoms with Gasteiger partial charge in [-0.05, 0) is 48.7 Å². The minimum atomic E-state index is -0.128. The zero-order chi connectivity index (χ0) is 21.4. The number of halogens is 1. The van der Waals surface area contributed by atoms with Gasteiger partial charge in [-0.2, -0.15) is 0 Å². The first-order valence-corrected chi connectivity index (χ1v) is 11.0. The molecule has 0 aliphatic heterocycles. The monoisotopic (exact) mass is 440 g/mol. The predicted octanol–water partition coefficient (Wildman–Crippen LogP) is 4.31. The highest BCUT2D eigenvalue weighted by molar-refractivity contribution is 7.98. The van der Waals surface area contributed by atoms with Crippen LogP contribution in [0.5, 0.6) is 0 Å². The lowest BCUT2D eigenvalue weighted by molar-refractivity contribution is 0.475. The summed E-state index contributed by atoms with van der Waals surface area (Å²) in [5.41, 5.74) is 2.66. The van der Waals surface area contributed by atoms with E-state index in [9.17, 15) is 9.59 Å². The van der Waals surface area contributed by atoms with E-state index in [1.807, 2.05) is 19.1 Å².